The Balaban J connectivity index is 1.97. The molecule has 1 fully saturated rings. The number of ether oxygens (including phenoxy) is 2. The van der Waals surface area contributed by atoms with Gasteiger partial charge in [-0.3, -0.25) is 4.98 Å². The molecule has 0 saturated carbocycles. The van der Waals surface area contributed by atoms with E-state index in [-0.39, 0.29) is 17.5 Å². The third-order valence-corrected chi connectivity index (χ3v) is 3.69. The Hall–Kier alpha value is -1.04. The van der Waals surface area contributed by atoms with Crippen LogP contribution in [0.1, 0.15) is 31.5 Å². The van der Waals surface area contributed by atoms with Crippen LogP contribution in [0.25, 0.3) is 0 Å². The first-order valence-corrected chi connectivity index (χ1v) is 6.67. The van der Waals surface area contributed by atoms with Crippen LogP contribution in [-0.2, 0) is 9.47 Å². The molecule has 1 saturated heterocycles. The van der Waals surface area contributed by atoms with Crippen LogP contribution < -0.4 is 5.32 Å². The van der Waals surface area contributed by atoms with Crippen LogP contribution in [0.5, 0.6) is 0 Å². The van der Waals surface area contributed by atoms with Gasteiger partial charge in [0.15, 0.2) is 0 Å². The molecule has 0 spiro atoms. The summed E-state index contributed by atoms with van der Waals surface area (Å²) in [6, 6.07) is 3.27. The van der Waals surface area contributed by atoms with Crippen molar-refractivity contribution in [3.63, 3.8) is 0 Å². The van der Waals surface area contributed by atoms with Gasteiger partial charge in [0, 0.05) is 32.7 Å². The van der Waals surface area contributed by atoms with Gasteiger partial charge >= 0.3 is 0 Å². The zero-order chi connectivity index (χ0) is 13.7. The minimum atomic E-state index is -0.309. The van der Waals surface area contributed by atoms with E-state index >= 15 is 0 Å². The molecule has 1 aromatic rings. The summed E-state index contributed by atoms with van der Waals surface area (Å²) in [5, 5.41) is 3.45. The minimum absolute atomic E-state index is 0.105. The molecule has 0 amide bonds. The maximum Gasteiger partial charge on any atom is 0.141 e. The fraction of sp³-hybridized carbons (Fsp3) is 0.643. The Morgan fingerprint density at radius 3 is 2.95 bits per heavy atom. The van der Waals surface area contributed by atoms with Crippen LogP contribution in [0.3, 0.4) is 0 Å². The predicted molar refractivity (Wildman–Crippen MR) is 70.4 cm³/mol. The van der Waals surface area contributed by atoms with Gasteiger partial charge in [-0.15, -0.1) is 0 Å². The van der Waals surface area contributed by atoms with Gasteiger partial charge in [0.2, 0.25) is 0 Å². The highest BCUT2D eigenvalue weighted by Crippen LogP contribution is 2.23. The third-order valence-electron chi connectivity index (χ3n) is 3.69. The summed E-state index contributed by atoms with van der Waals surface area (Å²) >= 11 is 0. The number of hydrogen-bond acceptors (Lipinski definition) is 4. The molecule has 2 atom stereocenters. The minimum Gasteiger partial charge on any atom is -0.378 e. The average Bonchev–Trinajstić information content (AvgIpc) is 2.91. The van der Waals surface area contributed by atoms with E-state index in [1.165, 1.54) is 12.3 Å². The Morgan fingerprint density at radius 2 is 2.42 bits per heavy atom. The Kier molecular flexibility index (Phi) is 4.85. The molecular formula is C14H21FN2O2. The number of pyridine rings is 1. The Bertz CT molecular complexity index is 391. The fourth-order valence-electron chi connectivity index (χ4n) is 2.32. The van der Waals surface area contributed by atoms with Gasteiger partial charge in [-0.05, 0) is 18.6 Å². The highest BCUT2D eigenvalue weighted by Gasteiger charge is 2.35. The number of nitrogens with one attached hydrogen (secondary N) is 1. The van der Waals surface area contributed by atoms with Crippen molar-refractivity contribution in [2.75, 3.05) is 26.9 Å². The van der Waals surface area contributed by atoms with Crippen LogP contribution in [0.4, 0.5) is 4.39 Å². The second-order valence-corrected chi connectivity index (χ2v) is 4.93. The molecular weight excluding hydrogens is 247 g/mol. The lowest BCUT2D eigenvalue weighted by molar-refractivity contribution is -0.0177. The normalized spacial score (nSPS) is 24.6. The summed E-state index contributed by atoms with van der Waals surface area (Å²) in [6.45, 7) is 4.14. The van der Waals surface area contributed by atoms with Crippen molar-refractivity contribution in [1.82, 2.24) is 10.3 Å². The van der Waals surface area contributed by atoms with Crippen molar-refractivity contribution < 1.29 is 13.9 Å². The van der Waals surface area contributed by atoms with Gasteiger partial charge in [0.1, 0.15) is 11.4 Å². The van der Waals surface area contributed by atoms with Gasteiger partial charge < -0.3 is 14.8 Å². The summed E-state index contributed by atoms with van der Waals surface area (Å²) in [5.74, 6) is -0.309. The smallest absolute Gasteiger partial charge is 0.141 e. The van der Waals surface area contributed by atoms with Crippen molar-refractivity contribution >= 4 is 0 Å². The second kappa shape index (κ2) is 6.41. The number of hydrogen-bond donors (Lipinski definition) is 1. The molecule has 0 bridgehead atoms. The SMILES string of the molecule is CCC(NCC1(OC)CCOC1)c1ccc(F)cn1. The highest BCUT2D eigenvalue weighted by molar-refractivity contribution is 5.10. The number of aromatic nitrogens is 1. The molecule has 2 rings (SSSR count). The molecule has 1 aromatic heterocycles. The molecule has 0 aliphatic carbocycles. The standard InChI is InChI=1S/C14H21FN2O2/c1-3-12(13-5-4-11(15)8-16-13)17-9-14(18-2)6-7-19-10-14/h4-5,8,12,17H,3,6-7,9-10H2,1-2H3. The van der Waals surface area contributed by atoms with E-state index in [1.807, 2.05) is 0 Å². The van der Waals surface area contributed by atoms with Crippen LogP contribution >= 0.6 is 0 Å². The van der Waals surface area contributed by atoms with Gasteiger partial charge in [0.25, 0.3) is 0 Å². The van der Waals surface area contributed by atoms with Crippen LogP contribution in [-0.4, -0.2) is 37.5 Å². The van der Waals surface area contributed by atoms with Gasteiger partial charge in [0.05, 0.1) is 18.5 Å². The average molecular weight is 268 g/mol. The van der Waals surface area contributed by atoms with Gasteiger partial charge in [-0.2, -0.15) is 0 Å². The molecule has 0 radical (unpaired) electrons. The first-order valence-electron chi connectivity index (χ1n) is 6.67. The molecule has 5 heteroatoms. The van der Waals surface area contributed by atoms with E-state index in [2.05, 4.69) is 17.2 Å². The molecule has 1 N–H and O–H groups in total. The van der Waals surface area contributed by atoms with Crippen LogP contribution in [0.15, 0.2) is 18.3 Å². The molecule has 1 aliphatic heterocycles. The van der Waals surface area contributed by atoms with Crippen LogP contribution in [0.2, 0.25) is 0 Å². The van der Waals surface area contributed by atoms with E-state index in [4.69, 9.17) is 9.47 Å². The number of methoxy groups -OCH3 is 1. The maximum atomic E-state index is 12.9. The van der Waals surface area contributed by atoms with Gasteiger partial charge in [-0.1, -0.05) is 6.92 Å². The second-order valence-electron chi connectivity index (χ2n) is 4.93. The molecule has 106 valence electrons. The largest absolute Gasteiger partial charge is 0.378 e. The molecule has 1 aliphatic rings. The number of nitrogens with zero attached hydrogens (tertiary/aromatic N) is 1. The van der Waals surface area contributed by atoms with Crippen LogP contribution in [0, 0.1) is 5.82 Å². The zero-order valence-electron chi connectivity index (χ0n) is 11.5. The molecule has 4 nitrogen and oxygen atoms in total. The summed E-state index contributed by atoms with van der Waals surface area (Å²) < 4.78 is 23.9. The number of rotatable bonds is 6. The van der Waals surface area contributed by atoms with E-state index in [0.29, 0.717) is 13.2 Å². The topological polar surface area (TPSA) is 43.4 Å². The summed E-state index contributed by atoms with van der Waals surface area (Å²) in [7, 11) is 1.72. The Morgan fingerprint density at radius 1 is 1.58 bits per heavy atom. The third kappa shape index (κ3) is 3.49. The Labute approximate surface area is 113 Å². The first-order chi connectivity index (χ1) is 9.19. The number of halogens is 1. The lowest BCUT2D eigenvalue weighted by Crippen LogP contribution is -2.44. The van der Waals surface area contributed by atoms with Crippen molar-refractivity contribution in [3.05, 3.63) is 29.8 Å². The fourth-order valence-corrected chi connectivity index (χ4v) is 2.32. The zero-order valence-corrected chi connectivity index (χ0v) is 11.5. The lowest BCUT2D eigenvalue weighted by atomic mass is 10.0. The van der Waals surface area contributed by atoms with Gasteiger partial charge in [-0.25, -0.2) is 4.39 Å². The quantitative estimate of drug-likeness (QED) is 0.857. The van der Waals surface area contributed by atoms with E-state index in [9.17, 15) is 4.39 Å². The van der Waals surface area contributed by atoms with Crippen molar-refractivity contribution in [1.29, 1.82) is 0 Å². The van der Waals surface area contributed by atoms with Crippen molar-refractivity contribution in [2.45, 2.75) is 31.4 Å². The molecule has 19 heavy (non-hydrogen) atoms. The molecule has 2 heterocycles. The van der Waals surface area contributed by atoms with Crippen molar-refractivity contribution in [2.24, 2.45) is 0 Å². The monoisotopic (exact) mass is 268 g/mol. The van der Waals surface area contributed by atoms with E-state index in [0.717, 1.165) is 25.1 Å². The first kappa shape index (κ1) is 14.4. The maximum absolute atomic E-state index is 12.9. The lowest BCUT2D eigenvalue weighted by Gasteiger charge is -2.28. The summed E-state index contributed by atoms with van der Waals surface area (Å²) in [6.07, 6.45) is 3.04. The van der Waals surface area contributed by atoms with E-state index < -0.39 is 0 Å². The summed E-state index contributed by atoms with van der Waals surface area (Å²) in [5.41, 5.74) is 0.613. The molecule has 0 aromatic carbocycles. The van der Waals surface area contributed by atoms with Crippen molar-refractivity contribution in [3.8, 4) is 0 Å². The molecule has 2 unspecified atom stereocenters. The summed E-state index contributed by atoms with van der Waals surface area (Å²) in [4.78, 5) is 4.13. The van der Waals surface area contributed by atoms with E-state index in [1.54, 1.807) is 13.2 Å². The highest BCUT2D eigenvalue weighted by atomic mass is 19.1. The predicted octanol–water partition coefficient (Wildman–Crippen LogP) is 2.07.